The van der Waals surface area contributed by atoms with Crippen LogP contribution in [0.25, 0.3) is 0 Å². The molecule has 0 aromatic heterocycles. The van der Waals surface area contributed by atoms with Gasteiger partial charge in [-0.1, -0.05) is 47.6 Å². The average Bonchev–Trinajstić information content (AvgIpc) is 3.48. The van der Waals surface area contributed by atoms with Gasteiger partial charge in [0.1, 0.15) is 16.8 Å². The highest BCUT2D eigenvalue weighted by molar-refractivity contribution is 8.15. The maximum atomic E-state index is 14.8. The Morgan fingerprint density at radius 3 is 2.68 bits per heavy atom. The van der Waals surface area contributed by atoms with E-state index in [1.165, 1.54) is 6.07 Å². The molecule has 0 aliphatic carbocycles. The number of anilines is 1. The van der Waals surface area contributed by atoms with Crippen molar-refractivity contribution in [1.82, 2.24) is 5.01 Å². The predicted octanol–water partition coefficient (Wildman–Crippen LogP) is 5.67. The van der Waals surface area contributed by atoms with Gasteiger partial charge in [-0.25, -0.2) is 9.40 Å². The van der Waals surface area contributed by atoms with Crippen molar-refractivity contribution in [2.24, 2.45) is 10.1 Å². The molecule has 2 heterocycles. The Labute approximate surface area is 222 Å². The van der Waals surface area contributed by atoms with Crippen molar-refractivity contribution in [3.63, 3.8) is 0 Å². The Hall–Kier alpha value is -3.69. The fourth-order valence-electron chi connectivity index (χ4n) is 4.18. The second-order valence-electron chi connectivity index (χ2n) is 8.46. The van der Waals surface area contributed by atoms with Gasteiger partial charge in [0.15, 0.2) is 5.17 Å². The summed E-state index contributed by atoms with van der Waals surface area (Å²) in [5.74, 6) is -0.415. The summed E-state index contributed by atoms with van der Waals surface area (Å²) in [5.41, 5.74) is 2.58. The molecule has 0 radical (unpaired) electrons. The van der Waals surface area contributed by atoms with Crippen LogP contribution in [0.1, 0.15) is 30.0 Å². The summed E-state index contributed by atoms with van der Waals surface area (Å²) in [6.45, 7) is 0. The fraction of sp³-hybridized carbons (Fsp3) is 0.185. The van der Waals surface area contributed by atoms with E-state index >= 15 is 0 Å². The van der Waals surface area contributed by atoms with E-state index in [-0.39, 0.29) is 18.1 Å². The molecular weight excluding hydrogens is 515 g/mol. The first-order chi connectivity index (χ1) is 17.9. The monoisotopic (exact) mass is 536 g/mol. The van der Waals surface area contributed by atoms with Gasteiger partial charge >= 0.3 is 0 Å². The molecule has 2 amide bonds. The topological polar surface area (TPSA) is 83.4 Å². The van der Waals surface area contributed by atoms with E-state index in [4.69, 9.17) is 21.4 Å². The minimum atomic E-state index is -0.712. The molecule has 7 nitrogen and oxygen atoms in total. The second kappa shape index (κ2) is 10.7. The molecule has 0 saturated carbocycles. The van der Waals surface area contributed by atoms with Crippen LogP contribution in [0, 0.1) is 5.82 Å². The Morgan fingerprint density at radius 1 is 1.16 bits per heavy atom. The molecule has 0 unspecified atom stereocenters. The first-order valence-corrected chi connectivity index (χ1v) is 12.8. The third-order valence-corrected chi connectivity index (χ3v) is 7.38. The van der Waals surface area contributed by atoms with Crippen LogP contribution in [0.4, 0.5) is 10.1 Å². The summed E-state index contributed by atoms with van der Waals surface area (Å²) < 4.78 is 20.1. The summed E-state index contributed by atoms with van der Waals surface area (Å²) >= 11 is 7.14. The third kappa shape index (κ3) is 5.52. The zero-order valence-corrected chi connectivity index (χ0v) is 21.3. The van der Waals surface area contributed by atoms with Crippen molar-refractivity contribution in [2.75, 3.05) is 12.4 Å². The molecule has 1 N–H and O–H groups in total. The number of nitrogens with zero attached hydrogens (tertiary/aromatic N) is 3. The molecule has 2 aliphatic heterocycles. The van der Waals surface area contributed by atoms with Crippen LogP contribution < -0.4 is 10.1 Å². The average molecular weight is 537 g/mol. The lowest BCUT2D eigenvalue weighted by atomic mass is 9.98. The van der Waals surface area contributed by atoms with E-state index < -0.39 is 17.2 Å². The molecule has 188 valence electrons. The minimum Gasteiger partial charge on any atom is -0.497 e. The summed E-state index contributed by atoms with van der Waals surface area (Å²) in [7, 11) is 1.59. The molecule has 0 saturated heterocycles. The SMILES string of the molecule is COc1ccc(C2=NN(C3=NC(=O)[C@H](CC(=O)Nc4cccc(Cl)c4)S3)[C@@H](c3ccccc3F)C2)cc1. The zero-order valence-electron chi connectivity index (χ0n) is 19.7. The molecule has 0 spiro atoms. The molecule has 2 atom stereocenters. The number of carbonyl (C=O) groups is 2. The van der Waals surface area contributed by atoms with Crippen molar-refractivity contribution in [1.29, 1.82) is 0 Å². The number of carbonyl (C=O) groups excluding carboxylic acids is 2. The van der Waals surface area contributed by atoms with Crippen molar-refractivity contribution in [3.05, 3.63) is 94.8 Å². The van der Waals surface area contributed by atoms with Gasteiger partial charge in [-0.05, 0) is 54.1 Å². The number of amides is 2. The predicted molar refractivity (Wildman–Crippen MR) is 144 cm³/mol. The smallest absolute Gasteiger partial charge is 0.262 e. The summed E-state index contributed by atoms with van der Waals surface area (Å²) in [6.07, 6.45) is 0.344. The van der Waals surface area contributed by atoms with E-state index in [0.29, 0.717) is 33.6 Å². The van der Waals surface area contributed by atoms with Crippen molar-refractivity contribution < 1.29 is 18.7 Å². The summed E-state index contributed by atoms with van der Waals surface area (Å²) in [4.78, 5) is 29.5. The van der Waals surface area contributed by atoms with Crippen LogP contribution in [0.15, 0.2) is 82.9 Å². The number of hydrazone groups is 1. The van der Waals surface area contributed by atoms with Crippen LogP contribution in [-0.4, -0.2) is 40.1 Å². The molecule has 0 fully saturated rings. The normalized spacial score (nSPS) is 19.0. The number of methoxy groups -OCH3 is 1. The van der Waals surface area contributed by atoms with Crippen LogP contribution in [0.3, 0.4) is 0 Å². The molecule has 2 aliphatic rings. The van der Waals surface area contributed by atoms with Gasteiger partial charge in [0.25, 0.3) is 5.91 Å². The maximum absolute atomic E-state index is 14.8. The van der Waals surface area contributed by atoms with Crippen LogP contribution in [-0.2, 0) is 9.59 Å². The minimum absolute atomic E-state index is 0.0731. The van der Waals surface area contributed by atoms with Crippen LogP contribution in [0.5, 0.6) is 5.75 Å². The second-order valence-corrected chi connectivity index (χ2v) is 10.1. The number of benzene rings is 3. The van der Waals surface area contributed by atoms with Gasteiger partial charge in [0.2, 0.25) is 5.91 Å². The number of hydrogen-bond acceptors (Lipinski definition) is 6. The molecule has 37 heavy (non-hydrogen) atoms. The molecule has 10 heteroatoms. The molecule has 5 rings (SSSR count). The van der Waals surface area contributed by atoms with Crippen molar-refractivity contribution in [3.8, 4) is 5.75 Å². The van der Waals surface area contributed by atoms with Crippen LogP contribution >= 0.6 is 23.4 Å². The number of hydrogen-bond donors (Lipinski definition) is 1. The molecule has 0 bridgehead atoms. The highest BCUT2D eigenvalue weighted by atomic mass is 35.5. The number of amidine groups is 1. The van der Waals surface area contributed by atoms with E-state index in [1.54, 1.807) is 54.6 Å². The van der Waals surface area contributed by atoms with E-state index in [2.05, 4.69) is 10.3 Å². The fourth-order valence-corrected chi connectivity index (χ4v) is 5.44. The molecule has 3 aromatic carbocycles. The van der Waals surface area contributed by atoms with Gasteiger partial charge in [0.05, 0.1) is 18.9 Å². The van der Waals surface area contributed by atoms with Gasteiger partial charge in [-0.15, -0.1) is 0 Å². The van der Waals surface area contributed by atoms with Gasteiger partial charge < -0.3 is 10.1 Å². The largest absolute Gasteiger partial charge is 0.497 e. The number of ether oxygens (including phenoxy) is 1. The van der Waals surface area contributed by atoms with E-state index in [0.717, 1.165) is 23.0 Å². The van der Waals surface area contributed by atoms with Crippen molar-refractivity contribution >= 4 is 51.7 Å². The first kappa shape index (κ1) is 25.0. The van der Waals surface area contributed by atoms with Gasteiger partial charge in [-0.2, -0.15) is 10.1 Å². The lowest BCUT2D eigenvalue weighted by Crippen LogP contribution is -2.25. The van der Waals surface area contributed by atoms with Gasteiger partial charge in [-0.3, -0.25) is 9.59 Å². The Kier molecular flexibility index (Phi) is 7.25. The number of thioether (sulfide) groups is 1. The third-order valence-electron chi connectivity index (χ3n) is 6.00. The first-order valence-electron chi connectivity index (χ1n) is 11.5. The molecule has 3 aromatic rings. The van der Waals surface area contributed by atoms with Gasteiger partial charge in [0, 0.05) is 29.1 Å². The Balaban J connectivity index is 1.36. The zero-order chi connectivity index (χ0) is 25.9. The van der Waals surface area contributed by atoms with Crippen LogP contribution in [0.2, 0.25) is 5.02 Å². The number of aliphatic imine (C=N–C) groups is 1. The Morgan fingerprint density at radius 2 is 1.95 bits per heavy atom. The highest BCUT2D eigenvalue weighted by Gasteiger charge is 2.39. The Bertz CT molecular complexity index is 1410. The number of halogens is 2. The van der Waals surface area contributed by atoms with E-state index in [9.17, 15) is 14.0 Å². The lowest BCUT2D eigenvalue weighted by molar-refractivity contribution is -0.121. The standard InChI is InChI=1S/C27H22ClFN4O3S/c1-36-19-11-9-16(10-12-19)22-14-23(20-7-2-3-8-21(20)29)33(32-22)27-31-26(35)24(37-27)15-25(34)30-18-6-4-5-17(28)13-18/h2-13,23-24H,14-15H2,1H3,(H,30,34)/t23-,24+/m1/s1. The lowest BCUT2D eigenvalue weighted by Gasteiger charge is -2.23. The highest BCUT2D eigenvalue weighted by Crippen LogP contribution is 2.39. The quantitative estimate of drug-likeness (QED) is 0.439. The summed E-state index contributed by atoms with van der Waals surface area (Å²) in [5, 5.41) is 9.21. The number of nitrogens with one attached hydrogen (secondary N) is 1. The molecular formula is C27H22ClFN4O3S. The number of rotatable bonds is 6. The summed E-state index contributed by atoms with van der Waals surface area (Å²) in [6, 6.07) is 20.2. The van der Waals surface area contributed by atoms with Crippen molar-refractivity contribution in [2.45, 2.75) is 24.1 Å². The maximum Gasteiger partial charge on any atom is 0.262 e. The van der Waals surface area contributed by atoms with E-state index in [1.807, 2.05) is 24.3 Å².